The molecular formula is C40H62F3N5O5. The fourth-order valence-electron chi connectivity index (χ4n) is 7.16. The number of benzene rings is 1. The molecule has 10 nitrogen and oxygen atoms in total. The van der Waals surface area contributed by atoms with Gasteiger partial charge in [-0.25, -0.2) is 9.78 Å². The van der Waals surface area contributed by atoms with Gasteiger partial charge in [-0.3, -0.25) is 18.7 Å². The summed E-state index contributed by atoms with van der Waals surface area (Å²) in [5, 5.41) is 11.0. The summed E-state index contributed by atoms with van der Waals surface area (Å²) >= 11 is 0. The molecule has 0 aliphatic rings. The number of halogens is 3. The van der Waals surface area contributed by atoms with Crippen molar-refractivity contribution in [1.82, 2.24) is 23.6 Å². The summed E-state index contributed by atoms with van der Waals surface area (Å²) in [6.07, 6.45) is 12.3. The summed E-state index contributed by atoms with van der Waals surface area (Å²) in [5.74, 6) is -1.20. The van der Waals surface area contributed by atoms with E-state index in [0.29, 0.717) is 43.4 Å². The van der Waals surface area contributed by atoms with Crippen LogP contribution in [-0.4, -0.2) is 67.1 Å². The number of rotatable bonds is 26. The number of aromatic nitrogens is 4. The number of imidazole rings is 1. The van der Waals surface area contributed by atoms with Crippen molar-refractivity contribution in [2.45, 2.75) is 147 Å². The Balaban J connectivity index is 1.49. The molecule has 13 heteroatoms. The summed E-state index contributed by atoms with van der Waals surface area (Å²) in [6.45, 7) is 2.42. The number of aliphatic hydroxyl groups excluding tert-OH is 1. The van der Waals surface area contributed by atoms with Crippen LogP contribution in [0.5, 0.6) is 0 Å². The van der Waals surface area contributed by atoms with Gasteiger partial charge in [0.05, 0.1) is 12.4 Å². The van der Waals surface area contributed by atoms with E-state index in [1.165, 1.54) is 71.8 Å². The van der Waals surface area contributed by atoms with Crippen LogP contribution in [0.2, 0.25) is 0 Å². The Labute approximate surface area is 312 Å². The van der Waals surface area contributed by atoms with Crippen molar-refractivity contribution < 1.29 is 27.8 Å². The Morgan fingerprint density at radius 2 is 1.40 bits per heavy atom. The lowest BCUT2D eigenvalue weighted by Crippen LogP contribution is -2.58. The van der Waals surface area contributed by atoms with Crippen LogP contribution in [0.15, 0.2) is 46.2 Å². The summed E-state index contributed by atoms with van der Waals surface area (Å²) < 4.78 is 53.7. The molecule has 0 spiro atoms. The van der Waals surface area contributed by atoms with Gasteiger partial charge >= 0.3 is 11.9 Å². The second kappa shape index (κ2) is 22.1. The highest BCUT2D eigenvalue weighted by atomic mass is 19.4. The number of aliphatic hydroxyl groups is 1. The van der Waals surface area contributed by atoms with E-state index in [2.05, 4.69) is 11.9 Å². The van der Waals surface area contributed by atoms with Gasteiger partial charge in [0.1, 0.15) is 0 Å². The van der Waals surface area contributed by atoms with Gasteiger partial charge in [-0.1, -0.05) is 134 Å². The van der Waals surface area contributed by atoms with Crippen LogP contribution in [0.25, 0.3) is 11.2 Å². The predicted octanol–water partition coefficient (Wildman–Crippen LogP) is 7.77. The molecule has 2 unspecified atom stereocenters. The molecule has 0 fully saturated rings. The van der Waals surface area contributed by atoms with Gasteiger partial charge in [-0.05, 0) is 19.3 Å². The first-order valence-electron chi connectivity index (χ1n) is 19.7. The number of fused-ring (bicyclic) bond motifs is 1. The van der Waals surface area contributed by atoms with Gasteiger partial charge in [0.15, 0.2) is 11.2 Å². The second-order valence-corrected chi connectivity index (χ2v) is 14.4. The molecule has 1 amide bonds. The number of hydrogen-bond acceptors (Lipinski definition) is 6. The highest BCUT2D eigenvalue weighted by Gasteiger charge is 2.63. The van der Waals surface area contributed by atoms with Gasteiger partial charge in [-0.2, -0.15) is 13.2 Å². The molecule has 0 aliphatic heterocycles. The molecule has 0 saturated carbocycles. The van der Waals surface area contributed by atoms with Crippen LogP contribution in [0.1, 0.15) is 128 Å². The molecule has 1 aromatic carbocycles. The summed E-state index contributed by atoms with van der Waals surface area (Å²) in [4.78, 5) is 44.8. The maximum Gasteiger partial charge on any atom is 0.430 e. The zero-order chi connectivity index (χ0) is 38.9. The van der Waals surface area contributed by atoms with Gasteiger partial charge in [0, 0.05) is 46.4 Å². The van der Waals surface area contributed by atoms with E-state index in [0.717, 1.165) is 69.8 Å². The van der Waals surface area contributed by atoms with Crippen LogP contribution >= 0.6 is 0 Å². The molecule has 2 heterocycles. The first-order chi connectivity index (χ1) is 25.4. The molecule has 53 heavy (non-hydrogen) atoms. The molecule has 3 aromatic rings. The highest BCUT2D eigenvalue weighted by Crippen LogP contribution is 2.43. The van der Waals surface area contributed by atoms with Crippen molar-refractivity contribution in [1.29, 1.82) is 0 Å². The summed E-state index contributed by atoms with van der Waals surface area (Å²) in [5.41, 5.74) is -3.40. The SMILES string of the molecule is CCCCCCCCCCCCN(CC(O)CCCCCCCCCn1c(=O)c2c(ncn2C)n(C)c1=O)C(=O)C(OC)(c1ccccc1)C(F)(F)F. The summed E-state index contributed by atoms with van der Waals surface area (Å²) in [7, 11) is 4.25. The maximum atomic E-state index is 14.8. The molecule has 0 aliphatic carbocycles. The molecule has 0 saturated heterocycles. The van der Waals surface area contributed by atoms with E-state index in [9.17, 15) is 32.7 Å². The largest absolute Gasteiger partial charge is 0.430 e. The molecule has 1 N–H and O–H groups in total. The lowest BCUT2D eigenvalue weighted by atomic mass is 9.90. The van der Waals surface area contributed by atoms with E-state index in [4.69, 9.17) is 4.74 Å². The minimum atomic E-state index is -5.01. The zero-order valence-electron chi connectivity index (χ0n) is 32.3. The monoisotopic (exact) mass is 749 g/mol. The van der Waals surface area contributed by atoms with E-state index in [1.807, 2.05) is 0 Å². The first kappa shape index (κ1) is 44.0. The predicted molar refractivity (Wildman–Crippen MR) is 203 cm³/mol. The average Bonchev–Trinajstić information content (AvgIpc) is 3.53. The number of carbonyl (C=O) groups excluding carboxylic acids is 1. The van der Waals surface area contributed by atoms with E-state index >= 15 is 0 Å². The van der Waals surface area contributed by atoms with Gasteiger partial charge in [0.25, 0.3) is 17.1 Å². The van der Waals surface area contributed by atoms with Crippen LogP contribution in [0.3, 0.4) is 0 Å². The van der Waals surface area contributed by atoms with Crippen LogP contribution in [0, 0.1) is 0 Å². The molecule has 3 rings (SSSR count). The fourth-order valence-corrected chi connectivity index (χ4v) is 7.16. The minimum Gasteiger partial charge on any atom is -0.391 e. The lowest BCUT2D eigenvalue weighted by molar-refractivity contribution is -0.270. The topological polar surface area (TPSA) is 112 Å². The number of aryl methyl sites for hydroxylation is 2. The highest BCUT2D eigenvalue weighted by molar-refractivity contribution is 5.88. The summed E-state index contributed by atoms with van der Waals surface area (Å²) in [6, 6.07) is 7.01. The van der Waals surface area contributed by atoms with E-state index < -0.39 is 23.8 Å². The maximum absolute atomic E-state index is 14.8. The average molecular weight is 750 g/mol. The molecule has 0 bridgehead atoms. The van der Waals surface area contributed by atoms with Crippen molar-refractivity contribution >= 4 is 17.1 Å². The van der Waals surface area contributed by atoms with Crippen molar-refractivity contribution in [2.75, 3.05) is 20.2 Å². The second-order valence-electron chi connectivity index (χ2n) is 14.4. The standard InChI is InChI=1S/C40H62F3N5O5/c1-5-6-7-8-9-10-11-14-17-23-28-47(37(51)39(53-4,40(41,42)43)32-25-20-19-21-26-32)30-33(49)27-22-16-13-12-15-18-24-29-48-36(50)34-35(44-31-45(34)2)46(3)38(48)52/h19-21,25-26,31,33,49H,5-18,22-24,27-30H2,1-4H3. The van der Waals surface area contributed by atoms with Gasteiger partial charge < -0.3 is 19.3 Å². The van der Waals surface area contributed by atoms with Crippen LogP contribution in [0.4, 0.5) is 13.2 Å². The third kappa shape index (κ3) is 12.0. The molecule has 0 radical (unpaired) electrons. The van der Waals surface area contributed by atoms with E-state index in [1.54, 1.807) is 24.7 Å². The smallest absolute Gasteiger partial charge is 0.391 e. The Morgan fingerprint density at radius 1 is 0.849 bits per heavy atom. The number of ether oxygens (including phenoxy) is 1. The van der Waals surface area contributed by atoms with Crippen LogP contribution in [-0.2, 0) is 35.8 Å². The number of nitrogens with zero attached hydrogens (tertiary/aromatic N) is 5. The number of alkyl halides is 3. The minimum absolute atomic E-state index is 0.106. The zero-order valence-corrected chi connectivity index (χ0v) is 32.3. The van der Waals surface area contributed by atoms with Gasteiger partial charge in [0.2, 0.25) is 0 Å². The molecular weight excluding hydrogens is 687 g/mol. The third-order valence-electron chi connectivity index (χ3n) is 10.3. The Bertz CT molecular complexity index is 1640. The third-order valence-corrected chi connectivity index (χ3v) is 10.3. The quantitative estimate of drug-likeness (QED) is 0.0840. The lowest BCUT2D eigenvalue weighted by Gasteiger charge is -2.38. The number of hydrogen-bond donors (Lipinski definition) is 1. The normalized spacial score (nSPS) is 13.7. The number of carbonyl (C=O) groups is 1. The fraction of sp³-hybridized carbons (Fsp3) is 0.700. The van der Waals surface area contributed by atoms with Crippen molar-refractivity contribution in [2.24, 2.45) is 14.1 Å². The van der Waals surface area contributed by atoms with E-state index in [-0.39, 0.29) is 29.9 Å². The molecule has 2 atom stereocenters. The van der Waals surface area contributed by atoms with Crippen molar-refractivity contribution in [3.8, 4) is 0 Å². The Hall–Kier alpha value is -3.45. The van der Waals surface area contributed by atoms with Crippen molar-refractivity contribution in [3.63, 3.8) is 0 Å². The molecule has 298 valence electrons. The first-order valence-corrected chi connectivity index (χ1v) is 19.7. The van der Waals surface area contributed by atoms with Gasteiger partial charge in [-0.15, -0.1) is 0 Å². The number of amides is 1. The van der Waals surface area contributed by atoms with Crippen LogP contribution < -0.4 is 11.2 Å². The molecule has 2 aromatic heterocycles. The van der Waals surface area contributed by atoms with Crippen molar-refractivity contribution in [3.05, 3.63) is 63.1 Å². The number of unbranched alkanes of at least 4 members (excludes halogenated alkanes) is 15. The Morgan fingerprint density at radius 3 is 1.96 bits per heavy atom. The number of methoxy groups -OCH3 is 1. The Kier molecular flexibility index (Phi) is 18.3.